The summed E-state index contributed by atoms with van der Waals surface area (Å²) in [4.78, 5) is 20.6. The van der Waals surface area contributed by atoms with Crippen molar-refractivity contribution in [2.45, 2.75) is 25.2 Å². The molecule has 2 aromatic rings. The van der Waals surface area contributed by atoms with Crippen molar-refractivity contribution in [1.82, 2.24) is 9.97 Å². The van der Waals surface area contributed by atoms with Gasteiger partial charge in [-0.3, -0.25) is 0 Å². The van der Waals surface area contributed by atoms with Crippen molar-refractivity contribution in [3.05, 3.63) is 32.2 Å². The average molecular weight is 292 g/mol. The second kappa shape index (κ2) is 5.22. The van der Waals surface area contributed by atoms with E-state index in [4.69, 9.17) is 5.11 Å². The molecule has 0 aromatic carbocycles. The van der Waals surface area contributed by atoms with Gasteiger partial charge in [-0.05, 0) is 25.0 Å². The molecular formula is C13H12N2O2S2. The van der Waals surface area contributed by atoms with Crippen molar-refractivity contribution in [3.63, 3.8) is 0 Å². The Hall–Kier alpha value is -1.53. The van der Waals surface area contributed by atoms with E-state index in [9.17, 15) is 4.79 Å². The maximum absolute atomic E-state index is 10.7. The largest absolute Gasteiger partial charge is 0.477 e. The minimum absolute atomic E-state index is 0.263. The lowest BCUT2D eigenvalue weighted by molar-refractivity contribution is 0.0702. The molecular weight excluding hydrogens is 280 g/mol. The Morgan fingerprint density at radius 2 is 2.11 bits per heavy atom. The lowest BCUT2D eigenvalue weighted by Crippen LogP contribution is -2.07. The summed E-state index contributed by atoms with van der Waals surface area (Å²) in [5.41, 5.74) is 0. The zero-order valence-electron chi connectivity index (χ0n) is 10.1. The van der Waals surface area contributed by atoms with Crippen LogP contribution in [0.25, 0.3) is 12.2 Å². The zero-order valence-corrected chi connectivity index (χ0v) is 11.7. The zero-order chi connectivity index (χ0) is 13.2. The molecule has 98 valence electrons. The van der Waals surface area contributed by atoms with E-state index in [0.29, 0.717) is 10.9 Å². The lowest BCUT2D eigenvalue weighted by atomic mass is 9.86. The fourth-order valence-electron chi connectivity index (χ4n) is 1.84. The summed E-state index contributed by atoms with van der Waals surface area (Å²) < 4.78 is 0. The van der Waals surface area contributed by atoms with Gasteiger partial charge in [0.1, 0.15) is 9.88 Å². The van der Waals surface area contributed by atoms with Gasteiger partial charge in [0.05, 0.1) is 11.2 Å². The van der Waals surface area contributed by atoms with Gasteiger partial charge in [0.2, 0.25) is 0 Å². The van der Waals surface area contributed by atoms with Crippen LogP contribution in [-0.4, -0.2) is 21.0 Å². The first-order valence-corrected chi connectivity index (χ1v) is 7.68. The molecule has 1 fully saturated rings. The Morgan fingerprint density at radius 3 is 2.74 bits per heavy atom. The number of aromatic nitrogens is 2. The molecule has 1 N–H and O–H groups in total. The number of carboxylic acid groups (broad SMARTS) is 1. The molecule has 0 unspecified atom stereocenters. The molecule has 0 radical (unpaired) electrons. The molecule has 19 heavy (non-hydrogen) atoms. The predicted molar refractivity (Wildman–Crippen MR) is 76.7 cm³/mol. The molecule has 1 aliphatic carbocycles. The monoisotopic (exact) mass is 292 g/mol. The summed E-state index contributed by atoms with van der Waals surface area (Å²) in [5, 5.41) is 10.7. The fraction of sp³-hybridized carbons (Fsp3) is 0.308. The number of carbonyl (C=O) groups is 1. The van der Waals surface area contributed by atoms with Gasteiger partial charge in [-0.1, -0.05) is 6.42 Å². The minimum Gasteiger partial charge on any atom is -0.477 e. The lowest BCUT2D eigenvalue weighted by Gasteiger charge is -2.22. The van der Waals surface area contributed by atoms with Crippen LogP contribution in [0.3, 0.4) is 0 Å². The number of aromatic carboxylic acids is 1. The highest BCUT2D eigenvalue weighted by molar-refractivity contribution is 7.14. The van der Waals surface area contributed by atoms with Crippen LogP contribution in [0.1, 0.15) is 49.7 Å². The molecule has 0 atom stereocenters. The van der Waals surface area contributed by atoms with Crippen LogP contribution < -0.4 is 0 Å². The van der Waals surface area contributed by atoms with Crippen LogP contribution in [0.2, 0.25) is 0 Å². The highest BCUT2D eigenvalue weighted by Gasteiger charge is 2.22. The Kier molecular flexibility index (Phi) is 3.44. The van der Waals surface area contributed by atoms with Crippen LogP contribution >= 0.6 is 22.7 Å². The van der Waals surface area contributed by atoms with Gasteiger partial charge in [-0.25, -0.2) is 14.8 Å². The molecule has 0 amide bonds. The number of hydrogen-bond donors (Lipinski definition) is 1. The first-order valence-electron chi connectivity index (χ1n) is 6.05. The number of thiazole rings is 2. The summed E-state index contributed by atoms with van der Waals surface area (Å²) in [6.45, 7) is 0. The highest BCUT2D eigenvalue weighted by atomic mass is 32.1. The predicted octanol–water partition coefficient (Wildman–Crippen LogP) is 3.74. The summed E-state index contributed by atoms with van der Waals surface area (Å²) in [6, 6.07) is 0. The highest BCUT2D eigenvalue weighted by Crippen LogP contribution is 2.38. The molecule has 4 nitrogen and oxygen atoms in total. The molecule has 1 saturated carbocycles. The Bertz CT molecular complexity index is 626. The summed E-state index contributed by atoms with van der Waals surface area (Å²) in [7, 11) is 0. The van der Waals surface area contributed by atoms with E-state index < -0.39 is 5.97 Å². The third-order valence-corrected chi connectivity index (χ3v) is 5.20. The number of rotatable bonds is 4. The summed E-state index contributed by atoms with van der Waals surface area (Å²) >= 11 is 2.89. The number of nitrogens with zero attached hydrogens (tertiary/aromatic N) is 2. The van der Waals surface area contributed by atoms with E-state index in [-0.39, 0.29) is 4.88 Å². The van der Waals surface area contributed by atoms with E-state index in [1.807, 2.05) is 18.3 Å². The van der Waals surface area contributed by atoms with Gasteiger partial charge in [-0.2, -0.15) is 0 Å². The van der Waals surface area contributed by atoms with Crippen molar-refractivity contribution in [2.24, 2.45) is 0 Å². The molecule has 1 aliphatic rings. The average Bonchev–Trinajstić information content (AvgIpc) is 2.92. The Balaban J connectivity index is 1.70. The van der Waals surface area contributed by atoms with Gasteiger partial charge in [0, 0.05) is 17.0 Å². The molecule has 2 heterocycles. The summed E-state index contributed by atoms with van der Waals surface area (Å²) in [5.74, 6) is -0.271. The second-order valence-electron chi connectivity index (χ2n) is 4.43. The molecule has 0 spiro atoms. The molecule has 0 aliphatic heterocycles. The molecule has 2 aromatic heterocycles. The maximum Gasteiger partial charge on any atom is 0.347 e. The third-order valence-electron chi connectivity index (χ3n) is 3.12. The Morgan fingerprint density at radius 1 is 1.26 bits per heavy atom. The molecule has 6 heteroatoms. The van der Waals surface area contributed by atoms with Gasteiger partial charge in [0.25, 0.3) is 0 Å². The summed E-state index contributed by atoms with van der Waals surface area (Å²) in [6.07, 6.45) is 10.9. The van der Waals surface area contributed by atoms with Crippen LogP contribution in [0.5, 0.6) is 0 Å². The first kappa shape index (κ1) is 12.5. The van der Waals surface area contributed by atoms with E-state index >= 15 is 0 Å². The van der Waals surface area contributed by atoms with E-state index in [1.165, 1.54) is 41.8 Å². The third kappa shape index (κ3) is 2.74. The van der Waals surface area contributed by atoms with E-state index in [0.717, 1.165) is 4.88 Å². The molecule has 0 saturated heterocycles. The maximum atomic E-state index is 10.7. The van der Waals surface area contributed by atoms with Gasteiger partial charge < -0.3 is 5.11 Å². The SMILES string of the molecule is O=C(O)c1cnc(/C=C/c2cnc(C3CCC3)s2)s1. The Labute approximate surface area is 118 Å². The number of hydrogen-bond acceptors (Lipinski definition) is 5. The van der Waals surface area contributed by atoms with E-state index in [1.54, 1.807) is 11.3 Å². The van der Waals surface area contributed by atoms with Gasteiger partial charge in [-0.15, -0.1) is 22.7 Å². The van der Waals surface area contributed by atoms with Crippen molar-refractivity contribution < 1.29 is 9.90 Å². The first-order chi connectivity index (χ1) is 9.22. The van der Waals surface area contributed by atoms with Crippen molar-refractivity contribution in [3.8, 4) is 0 Å². The fourth-order valence-corrected chi connectivity index (χ4v) is 3.49. The van der Waals surface area contributed by atoms with Crippen molar-refractivity contribution in [1.29, 1.82) is 0 Å². The van der Waals surface area contributed by atoms with Crippen LogP contribution in [0, 0.1) is 0 Å². The quantitative estimate of drug-likeness (QED) is 0.932. The van der Waals surface area contributed by atoms with Gasteiger partial charge in [0.15, 0.2) is 0 Å². The van der Waals surface area contributed by atoms with Crippen molar-refractivity contribution in [2.75, 3.05) is 0 Å². The smallest absolute Gasteiger partial charge is 0.347 e. The second-order valence-corrected chi connectivity index (χ2v) is 6.59. The number of carboxylic acids is 1. The van der Waals surface area contributed by atoms with Gasteiger partial charge >= 0.3 is 5.97 Å². The van der Waals surface area contributed by atoms with Crippen LogP contribution in [0.15, 0.2) is 12.4 Å². The molecule has 0 bridgehead atoms. The normalized spacial score (nSPS) is 15.8. The van der Waals surface area contributed by atoms with Crippen molar-refractivity contribution >= 4 is 40.8 Å². The van der Waals surface area contributed by atoms with E-state index in [2.05, 4.69) is 9.97 Å². The van der Waals surface area contributed by atoms with Crippen LogP contribution in [-0.2, 0) is 0 Å². The molecule has 3 rings (SSSR count). The minimum atomic E-state index is -0.929. The standard InChI is InChI=1S/C13H12N2O2S2/c16-13(17)10-7-14-11(19-10)5-4-9-6-15-12(18-9)8-2-1-3-8/h4-8H,1-3H2,(H,16,17)/b5-4+. The topological polar surface area (TPSA) is 63.1 Å². The van der Waals surface area contributed by atoms with Crippen LogP contribution in [0.4, 0.5) is 0 Å².